The number of nitrogens with one attached hydrogen (secondary N) is 2. The number of hydrogen-bond donors (Lipinski definition) is 3. The van der Waals surface area contributed by atoms with Gasteiger partial charge in [0.1, 0.15) is 17.7 Å². The number of ether oxygens (including phenoxy) is 1. The molecule has 10 nitrogen and oxygen atoms in total. The zero-order valence-corrected chi connectivity index (χ0v) is 23.8. The number of hydrogen-bond acceptors (Lipinski definition) is 6. The number of Topliss-reactive ketones (excluding diaryl/α,β-unsaturated/α-hetero) is 1. The zero-order valence-electron chi connectivity index (χ0n) is 23.8. The number of halogens is 2. The third-order valence-corrected chi connectivity index (χ3v) is 9.04. The van der Waals surface area contributed by atoms with Crippen LogP contribution in [0.1, 0.15) is 79.6 Å². The highest BCUT2D eigenvalue weighted by atomic mass is 19.3. The van der Waals surface area contributed by atoms with E-state index in [0.29, 0.717) is 0 Å². The standard InChI is InChI=1S/C28H41F2N3O7/c1-26(2,3)40-25(39)32-19(15-8-10-28(29,30)11-9-15)23(36)33-13-16-18(27(16,4)5)20(33)22(35)31-17(12-14-6-7-14)21(34)24(37)38/h14-20H,6-13H2,1-5H3,(H,31,35)(H,32,39)(H,37,38)/t16?,17?,18?,19-,20-/m0/s1. The maximum absolute atomic E-state index is 14.0. The molecule has 3 amide bonds. The van der Waals surface area contributed by atoms with Gasteiger partial charge in [0.05, 0.1) is 6.04 Å². The highest BCUT2D eigenvalue weighted by molar-refractivity contribution is 6.35. The number of carboxylic acids is 1. The van der Waals surface area contributed by atoms with Gasteiger partial charge in [-0.05, 0) is 69.1 Å². The number of carbonyl (C=O) groups excluding carboxylic acids is 4. The summed E-state index contributed by atoms with van der Waals surface area (Å²) in [6, 6.07) is -3.36. The van der Waals surface area contributed by atoms with Crippen molar-refractivity contribution >= 4 is 29.7 Å². The minimum atomic E-state index is -2.84. The van der Waals surface area contributed by atoms with Gasteiger partial charge in [0.2, 0.25) is 17.7 Å². The Balaban J connectivity index is 1.57. The van der Waals surface area contributed by atoms with Gasteiger partial charge in [-0.3, -0.25) is 14.4 Å². The van der Waals surface area contributed by atoms with Gasteiger partial charge in [0.25, 0.3) is 5.78 Å². The van der Waals surface area contributed by atoms with E-state index in [-0.39, 0.29) is 49.0 Å². The number of piperidine rings is 1. The monoisotopic (exact) mass is 569 g/mol. The average Bonchev–Trinajstić information content (AvgIpc) is 3.67. The Bertz CT molecular complexity index is 1060. The van der Waals surface area contributed by atoms with Gasteiger partial charge in [-0.2, -0.15) is 0 Å². The maximum Gasteiger partial charge on any atom is 0.408 e. The minimum absolute atomic E-state index is 0.0119. The van der Waals surface area contributed by atoms with Crippen LogP contribution >= 0.6 is 0 Å². The normalized spacial score (nSPS) is 28.6. The van der Waals surface area contributed by atoms with Crippen molar-refractivity contribution in [2.45, 2.75) is 109 Å². The molecule has 3 N–H and O–H groups in total. The molecule has 1 aliphatic heterocycles. The molecule has 4 rings (SSSR count). The van der Waals surface area contributed by atoms with E-state index in [2.05, 4.69) is 10.6 Å². The lowest BCUT2D eigenvalue weighted by Gasteiger charge is -2.38. The molecule has 3 unspecified atom stereocenters. The number of carbonyl (C=O) groups is 5. The van der Waals surface area contributed by atoms with Gasteiger partial charge in [0, 0.05) is 19.4 Å². The van der Waals surface area contributed by atoms with Crippen molar-refractivity contribution in [2.75, 3.05) is 6.54 Å². The molecule has 12 heteroatoms. The number of carboxylic acid groups (broad SMARTS) is 1. The number of amides is 3. The molecule has 1 heterocycles. The predicted octanol–water partition coefficient (Wildman–Crippen LogP) is 3.13. The number of rotatable bonds is 9. The fraction of sp³-hybridized carbons (Fsp3) is 0.821. The van der Waals surface area contributed by atoms with Crippen molar-refractivity contribution < 1.29 is 42.6 Å². The van der Waals surface area contributed by atoms with E-state index in [1.54, 1.807) is 20.8 Å². The number of aliphatic carboxylic acids is 1. The van der Waals surface area contributed by atoms with Crippen LogP contribution in [0, 0.1) is 29.1 Å². The first-order valence-electron chi connectivity index (χ1n) is 14.2. The first-order valence-corrected chi connectivity index (χ1v) is 14.2. The molecule has 4 fully saturated rings. The first-order chi connectivity index (χ1) is 18.4. The summed E-state index contributed by atoms with van der Waals surface area (Å²) in [5.41, 5.74) is -1.12. The Morgan fingerprint density at radius 1 is 1.02 bits per heavy atom. The van der Waals surface area contributed by atoms with Crippen molar-refractivity contribution in [3.8, 4) is 0 Å². The van der Waals surface area contributed by atoms with Crippen molar-refractivity contribution in [3.05, 3.63) is 0 Å². The molecule has 0 aromatic rings. The van der Waals surface area contributed by atoms with Crippen LogP contribution in [0.5, 0.6) is 0 Å². The molecule has 0 aromatic heterocycles. The summed E-state index contributed by atoms with van der Waals surface area (Å²) in [5.74, 6) is -7.41. The second-order valence-corrected chi connectivity index (χ2v) is 13.6. The van der Waals surface area contributed by atoms with Crippen molar-refractivity contribution in [1.82, 2.24) is 15.5 Å². The highest BCUT2D eigenvalue weighted by Gasteiger charge is 2.70. The smallest absolute Gasteiger partial charge is 0.408 e. The van der Waals surface area contributed by atoms with Gasteiger partial charge in [-0.15, -0.1) is 0 Å². The van der Waals surface area contributed by atoms with E-state index in [1.165, 1.54) is 4.90 Å². The van der Waals surface area contributed by atoms with E-state index in [1.807, 2.05) is 13.8 Å². The molecule has 3 saturated carbocycles. The number of nitrogens with zero attached hydrogens (tertiary/aromatic N) is 1. The molecule has 0 aromatic carbocycles. The quantitative estimate of drug-likeness (QED) is 0.362. The summed E-state index contributed by atoms with van der Waals surface area (Å²) in [6.45, 7) is 9.18. The first kappa shape index (κ1) is 30.2. The van der Waals surface area contributed by atoms with Crippen LogP contribution in [0.25, 0.3) is 0 Å². The SMILES string of the molecule is CC(C)(C)OC(=O)N[C@H](C(=O)N1CC2C([C@H]1C(=O)NC(CC1CC1)C(=O)C(=O)O)C2(C)C)C1CCC(F)(F)CC1. The van der Waals surface area contributed by atoms with E-state index in [9.17, 15) is 37.9 Å². The lowest BCUT2D eigenvalue weighted by molar-refractivity contribution is -0.151. The zero-order chi connectivity index (χ0) is 29.8. The lowest BCUT2D eigenvalue weighted by atomic mass is 9.81. The maximum atomic E-state index is 14.0. The fourth-order valence-electron chi connectivity index (χ4n) is 6.53. The van der Waals surface area contributed by atoms with E-state index in [4.69, 9.17) is 4.74 Å². The van der Waals surface area contributed by atoms with E-state index in [0.717, 1.165) is 12.8 Å². The summed E-state index contributed by atoms with van der Waals surface area (Å²) in [4.78, 5) is 65.6. The second-order valence-electron chi connectivity index (χ2n) is 13.6. The topological polar surface area (TPSA) is 142 Å². The predicted molar refractivity (Wildman–Crippen MR) is 138 cm³/mol. The lowest BCUT2D eigenvalue weighted by Crippen LogP contribution is -2.60. The van der Waals surface area contributed by atoms with Crippen molar-refractivity contribution in [3.63, 3.8) is 0 Å². The molecule has 224 valence electrons. The molecule has 1 saturated heterocycles. The Morgan fingerprint density at radius 2 is 1.62 bits per heavy atom. The summed E-state index contributed by atoms with van der Waals surface area (Å²) >= 11 is 0. The van der Waals surface area contributed by atoms with Crippen molar-refractivity contribution in [2.24, 2.45) is 29.1 Å². The summed E-state index contributed by atoms with van der Waals surface area (Å²) in [7, 11) is 0. The van der Waals surface area contributed by atoms with Crippen LogP contribution in [-0.2, 0) is 23.9 Å². The molecular formula is C28H41F2N3O7. The van der Waals surface area contributed by atoms with Crippen LogP contribution in [0.3, 0.4) is 0 Å². The summed E-state index contributed by atoms with van der Waals surface area (Å²) in [6.07, 6.45) is 0.253. The number of likely N-dealkylation sites (tertiary alicyclic amines) is 1. The van der Waals surface area contributed by atoms with E-state index < -0.39 is 78.1 Å². The van der Waals surface area contributed by atoms with Crippen LogP contribution < -0.4 is 10.6 Å². The molecule has 5 atom stereocenters. The average molecular weight is 570 g/mol. The Labute approximate surface area is 232 Å². The van der Waals surface area contributed by atoms with Crippen LogP contribution in [-0.4, -0.2) is 75.9 Å². The Hall–Kier alpha value is -2.79. The Morgan fingerprint density at radius 3 is 2.15 bits per heavy atom. The minimum Gasteiger partial charge on any atom is -0.475 e. The van der Waals surface area contributed by atoms with Crippen molar-refractivity contribution in [1.29, 1.82) is 0 Å². The van der Waals surface area contributed by atoms with Gasteiger partial charge in [-0.1, -0.05) is 26.7 Å². The Kier molecular flexibility index (Phi) is 7.96. The number of ketones is 1. The molecule has 0 spiro atoms. The largest absolute Gasteiger partial charge is 0.475 e. The van der Waals surface area contributed by atoms with Crippen LogP contribution in [0.4, 0.5) is 13.6 Å². The highest BCUT2D eigenvalue weighted by Crippen LogP contribution is 2.65. The van der Waals surface area contributed by atoms with Gasteiger partial charge < -0.3 is 25.4 Å². The molecule has 0 radical (unpaired) electrons. The van der Waals surface area contributed by atoms with Crippen LogP contribution in [0.15, 0.2) is 0 Å². The molecule has 3 aliphatic carbocycles. The summed E-state index contributed by atoms with van der Waals surface area (Å²) in [5, 5.41) is 14.5. The molecule has 0 bridgehead atoms. The summed E-state index contributed by atoms with van der Waals surface area (Å²) < 4.78 is 33.2. The van der Waals surface area contributed by atoms with Gasteiger partial charge >= 0.3 is 12.1 Å². The fourth-order valence-corrected chi connectivity index (χ4v) is 6.53. The van der Waals surface area contributed by atoms with Gasteiger partial charge in [0.15, 0.2) is 0 Å². The number of alkyl carbamates (subject to hydrolysis) is 1. The molecule has 40 heavy (non-hydrogen) atoms. The molecule has 4 aliphatic rings. The van der Waals surface area contributed by atoms with Crippen LogP contribution in [0.2, 0.25) is 0 Å². The second kappa shape index (κ2) is 10.6. The third kappa shape index (κ3) is 6.57. The third-order valence-electron chi connectivity index (χ3n) is 9.04. The number of alkyl halides is 2. The number of fused-ring (bicyclic) bond motifs is 1. The van der Waals surface area contributed by atoms with E-state index >= 15 is 0 Å². The molecular weight excluding hydrogens is 528 g/mol. The van der Waals surface area contributed by atoms with Gasteiger partial charge in [-0.25, -0.2) is 18.4 Å².